The van der Waals surface area contributed by atoms with Crippen LogP contribution >= 0.6 is 0 Å². The fourth-order valence-electron chi connectivity index (χ4n) is 5.51. The van der Waals surface area contributed by atoms with E-state index < -0.39 is 12.0 Å². The van der Waals surface area contributed by atoms with Gasteiger partial charge in [-0.15, -0.1) is 0 Å². The van der Waals surface area contributed by atoms with Gasteiger partial charge in [0.15, 0.2) is 5.78 Å². The van der Waals surface area contributed by atoms with Crippen LogP contribution in [-0.4, -0.2) is 34.5 Å². The first kappa shape index (κ1) is 17.3. The smallest absolute Gasteiger partial charge is 0.334 e. The molecule has 1 aromatic carbocycles. The minimum absolute atomic E-state index is 0.114. The summed E-state index contributed by atoms with van der Waals surface area (Å²) in [6.07, 6.45) is 5.29. The predicted octanol–water partition coefficient (Wildman–Crippen LogP) is 2.24. The first-order valence-electron chi connectivity index (χ1n) is 9.77. The number of carbonyl (C=O) groups is 4. The summed E-state index contributed by atoms with van der Waals surface area (Å²) in [5.41, 5.74) is 0.290. The van der Waals surface area contributed by atoms with Crippen molar-refractivity contribution < 1.29 is 23.9 Å². The lowest BCUT2D eigenvalue weighted by Gasteiger charge is -2.37. The second kappa shape index (κ2) is 5.87. The number of hydrogen-bond donors (Lipinski definition) is 0. The number of nitrogens with zero attached hydrogens (tertiary/aromatic N) is 1. The van der Waals surface area contributed by atoms with E-state index in [1.54, 1.807) is 18.2 Å². The van der Waals surface area contributed by atoms with E-state index >= 15 is 0 Å². The molecule has 0 aromatic heterocycles. The number of para-hydroxylation sites is 1. The zero-order valence-electron chi connectivity index (χ0n) is 15.7. The van der Waals surface area contributed by atoms with Gasteiger partial charge in [0.05, 0.1) is 17.4 Å². The van der Waals surface area contributed by atoms with Crippen molar-refractivity contribution in [2.24, 2.45) is 35.5 Å². The van der Waals surface area contributed by atoms with Crippen LogP contribution in [0.15, 0.2) is 36.4 Å². The van der Waals surface area contributed by atoms with Crippen molar-refractivity contribution in [3.8, 4) is 5.75 Å². The van der Waals surface area contributed by atoms with Crippen molar-refractivity contribution in [3.63, 3.8) is 0 Å². The van der Waals surface area contributed by atoms with E-state index in [1.807, 2.05) is 0 Å². The zero-order valence-corrected chi connectivity index (χ0v) is 15.7. The molecular formula is C22H21NO5. The van der Waals surface area contributed by atoms with E-state index in [4.69, 9.17) is 4.74 Å². The third-order valence-corrected chi connectivity index (χ3v) is 6.90. The molecule has 3 fully saturated rings. The van der Waals surface area contributed by atoms with E-state index in [2.05, 4.69) is 12.2 Å². The van der Waals surface area contributed by atoms with E-state index in [0.29, 0.717) is 11.8 Å². The van der Waals surface area contributed by atoms with Gasteiger partial charge in [0, 0.05) is 0 Å². The number of Topliss-reactive ketones (excluding diaryl/α,β-unsaturated/α-hetero) is 1. The number of imide groups is 1. The van der Waals surface area contributed by atoms with Gasteiger partial charge in [-0.3, -0.25) is 19.3 Å². The topological polar surface area (TPSA) is 80.8 Å². The Hall–Kier alpha value is -2.76. The summed E-state index contributed by atoms with van der Waals surface area (Å²) >= 11 is 0. The quantitative estimate of drug-likeness (QED) is 0.263. The maximum atomic E-state index is 13.1. The molecule has 4 aliphatic carbocycles. The summed E-state index contributed by atoms with van der Waals surface area (Å²) in [5.74, 6) is -0.741. The number of ether oxygens (including phenoxy) is 1. The van der Waals surface area contributed by atoms with Crippen molar-refractivity contribution in [2.75, 3.05) is 0 Å². The highest BCUT2D eigenvalue weighted by Gasteiger charge is 2.67. The van der Waals surface area contributed by atoms with Gasteiger partial charge in [0.1, 0.15) is 11.8 Å². The predicted molar refractivity (Wildman–Crippen MR) is 98.1 cm³/mol. The fraction of sp³-hybridized carbons (Fsp3) is 0.455. The molecular weight excluding hydrogens is 358 g/mol. The van der Waals surface area contributed by atoms with Crippen LogP contribution in [0.25, 0.3) is 0 Å². The van der Waals surface area contributed by atoms with Crippen LogP contribution in [0, 0.1) is 35.5 Å². The first-order valence-corrected chi connectivity index (χ1v) is 9.77. The van der Waals surface area contributed by atoms with E-state index in [-0.39, 0.29) is 52.6 Å². The Labute approximate surface area is 162 Å². The molecule has 1 heterocycles. The monoisotopic (exact) mass is 379 g/mol. The summed E-state index contributed by atoms with van der Waals surface area (Å²) < 4.78 is 5.41. The molecule has 5 aliphatic rings. The van der Waals surface area contributed by atoms with Crippen molar-refractivity contribution in [1.29, 1.82) is 0 Å². The Morgan fingerprint density at radius 3 is 2.18 bits per heavy atom. The normalized spacial score (nSPS) is 35.4. The highest BCUT2D eigenvalue weighted by molar-refractivity contribution is 6.09. The Morgan fingerprint density at radius 1 is 1.04 bits per heavy atom. The van der Waals surface area contributed by atoms with Crippen LogP contribution in [0.5, 0.6) is 5.75 Å². The van der Waals surface area contributed by atoms with Crippen molar-refractivity contribution >= 4 is 23.6 Å². The summed E-state index contributed by atoms with van der Waals surface area (Å²) in [5, 5.41) is 0. The van der Waals surface area contributed by atoms with Crippen molar-refractivity contribution in [3.05, 3.63) is 42.0 Å². The van der Waals surface area contributed by atoms with Crippen molar-refractivity contribution in [2.45, 2.75) is 26.3 Å². The number of carbonyl (C=O) groups excluding carboxylic acids is 4. The molecule has 28 heavy (non-hydrogen) atoms. The standard InChI is InChI=1S/C22H21NO5/c1-10(22(27)28-17-6-4-3-5-12(17)11(2)24)23-20(25)18-13-7-8-14(16-9-15(13)16)19(18)21(23)26/h3-8,10,13-16,18-19H,9H2,1-2H3/t10-,13-,14-,15-,16+,18-,19+/m0/s1. The van der Waals surface area contributed by atoms with E-state index in [9.17, 15) is 19.2 Å². The van der Waals surface area contributed by atoms with Crippen LogP contribution in [0.1, 0.15) is 30.6 Å². The number of benzene rings is 1. The molecule has 7 atom stereocenters. The molecule has 6 heteroatoms. The highest BCUT2D eigenvalue weighted by atomic mass is 16.5. The number of allylic oxidation sites excluding steroid dienone is 2. The van der Waals surface area contributed by atoms with E-state index in [0.717, 1.165) is 11.3 Å². The van der Waals surface area contributed by atoms with Crippen LogP contribution in [0.3, 0.4) is 0 Å². The van der Waals surface area contributed by atoms with Crippen molar-refractivity contribution in [1.82, 2.24) is 4.90 Å². The molecule has 0 unspecified atom stereocenters. The second-order valence-electron chi connectivity index (χ2n) is 8.35. The second-order valence-corrected chi connectivity index (χ2v) is 8.35. The van der Waals surface area contributed by atoms with Gasteiger partial charge in [0.2, 0.25) is 11.8 Å². The number of likely N-dealkylation sites (tertiary alicyclic amines) is 1. The summed E-state index contributed by atoms with van der Waals surface area (Å²) in [6.45, 7) is 2.91. The fourth-order valence-corrected chi connectivity index (χ4v) is 5.51. The van der Waals surface area contributed by atoms with Crippen LogP contribution < -0.4 is 4.74 Å². The summed E-state index contributed by atoms with van der Waals surface area (Å²) in [4.78, 5) is 51.7. The molecule has 6 rings (SSSR count). The Balaban J connectivity index is 1.38. The molecule has 0 radical (unpaired) electrons. The SMILES string of the molecule is CC(=O)c1ccccc1OC(=O)[C@H](C)N1C(=O)[C@@H]2[C@H]3C=C[C@@H]([C@@H]4C[C@H]34)[C@@H]2C1=O. The highest BCUT2D eigenvalue weighted by Crippen LogP contribution is 2.65. The van der Waals surface area contributed by atoms with Gasteiger partial charge in [-0.1, -0.05) is 24.3 Å². The number of hydrogen-bond acceptors (Lipinski definition) is 5. The minimum Gasteiger partial charge on any atom is -0.424 e. The maximum absolute atomic E-state index is 13.1. The van der Waals surface area contributed by atoms with Crippen LogP contribution in [0.4, 0.5) is 0 Å². The van der Waals surface area contributed by atoms with Gasteiger partial charge in [-0.25, -0.2) is 4.79 Å². The molecule has 2 amide bonds. The first-order chi connectivity index (χ1) is 13.4. The summed E-state index contributed by atoms with van der Waals surface area (Å²) in [6, 6.07) is 5.43. The molecule has 2 bridgehead atoms. The van der Waals surface area contributed by atoms with E-state index in [1.165, 1.54) is 19.9 Å². The molecule has 1 aromatic rings. The number of rotatable bonds is 4. The molecule has 0 N–H and O–H groups in total. The molecule has 144 valence electrons. The molecule has 1 aliphatic heterocycles. The lowest BCUT2D eigenvalue weighted by Crippen LogP contribution is -2.45. The van der Waals surface area contributed by atoms with Gasteiger partial charge >= 0.3 is 5.97 Å². The third kappa shape index (κ3) is 2.26. The average Bonchev–Trinajstić information content (AvgIpc) is 3.45. The number of amides is 2. The largest absolute Gasteiger partial charge is 0.424 e. The van der Waals surface area contributed by atoms with Gasteiger partial charge in [-0.05, 0) is 56.1 Å². The lowest BCUT2D eigenvalue weighted by molar-refractivity contribution is -0.152. The number of esters is 1. The average molecular weight is 379 g/mol. The van der Waals surface area contributed by atoms with Gasteiger partial charge in [0.25, 0.3) is 0 Å². The van der Waals surface area contributed by atoms with Crippen LogP contribution in [0.2, 0.25) is 0 Å². The third-order valence-electron chi connectivity index (χ3n) is 6.90. The minimum atomic E-state index is -1.03. The number of ketones is 1. The van der Waals surface area contributed by atoms with Crippen LogP contribution in [-0.2, 0) is 14.4 Å². The Kier molecular flexibility index (Phi) is 3.63. The Morgan fingerprint density at radius 2 is 1.61 bits per heavy atom. The van der Waals surface area contributed by atoms with Gasteiger partial charge < -0.3 is 4.74 Å². The molecule has 1 saturated heterocycles. The molecule has 0 spiro atoms. The molecule has 2 saturated carbocycles. The maximum Gasteiger partial charge on any atom is 0.334 e. The van der Waals surface area contributed by atoms with Gasteiger partial charge in [-0.2, -0.15) is 0 Å². The zero-order chi connectivity index (χ0) is 19.7. The molecule has 6 nitrogen and oxygen atoms in total. The summed E-state index contributed by atoms with van der Waals surface area (Å²) in [7, 11) is 0. The lowest BCUT2D eigenvalue weighted by atomic mass is 9.63. The Bertz CT molecular complexity index is 914.